The largest absolute Gasteiger partial charge is 0.467 e. The van der Waals surface area contributed by atoms with Crippen LogP contribution in [0.3, 0.4) is 0 Å². The number of hydrogen-bond acceptors (Lipinski definition) is 3. The number of methoxy groups -OCH3 is 1. The number of rotatable bonds is 2. The Bertz CT molecular complexity index is 528. The Morgan fingerprint density at radius 1 is 1.35 bits per heavy atom. The first-order chi connectivity index (χ1) is 9.67. The Morgan fingerprint density at radius 3 is 2.80 bits per heavy atom. The normalized spacial score (nSPS) is 29.1. The van der Waals surface area contributed by atoms with Crippen LogP contribution in [0.4, 0.5) is 0 Å². The fourth-order valence-electron chi connectivity index (χ4n) is 3.70. The van der Waals surface area contributed by atoms with Crippen molar-refractivity contribution in [2.24, 2.45) is 0 Å². The monoisotopic (exact) mass is 273 g/mol. The van der Waals surface area contributed by atoms with Gasteiger partial charge in [-0.1, -0.05) is 30.3 Å². The first kappa shape index (κ1) is 13.2. The zero-order chi connectivity index (χ0) is 14.2. The van der Waals surface area contributed by atoms with E-state index in [2.05, 4.69) is 0 Å². The standard InChI is InChI=1S/C16H19NO3/c1-20-15(19)16-8-5-9-17(16)14(18)10-13(11-16)12-6-3-2-4-7-12/h2-4,6-7,13H,5,8-11H2,1H3/t13?,16-/m1/s1. The second-order valence-corrected chi connectivity index (χ2v) is 5.69. The molecule has 2 aliphatic rings. The predicted molar refractivity (Wildman–Crippen MR) is 74.1 cm³/mol. The highest BCUT2D eigenvalue weighted by atomic mass is 16.5. The van der Waals surface area contributed by atoms with Gasteiger partial charge < -0.3 is 9.64 Å². The van der Waals surface area contributed by atoms with Gasteiger partial charge in [0.25, 0.3) is 0 Å². The van der Waals surface area contributed by atoms with Gasteiger partial charge in [-0.05, 0) is 30.7 Å². The van der Waals surface area contributed by atoms with Crippen LogP contribution < -0.4 is 0 Å². The third-order valence-electron chi connectivity index (χ3n) is 4.63. The van der Waals surface area contributed by atoms with E-state index in [1.807, 2.05) is 30.3 Å². The Kier molecular flexibility index (Phi) is 3.24. The minimum Gasteiger partial charge on any atom is -0.467 e. The Balaban J connectivity index is 1.95. The molecule has 2 fully saturated rings. The summed E-state index contributed by atoms with van der Waals surface area (Å²) < 4.78 is 4.99. The Labute approximate surface area is 118 Å². The van der Waals surface area contributed by atoms with Crippen molar-refractivity contribution in [2.75, 3.05) is 13.7 Å². The van der Waals surface area contributed by atoms with E-state index >= 15 is 0 Å². The number of piperidine rings is 1. The maximum absolute atomic E-state index is 12.4. The number of benzene rings is 1. The molecule has 3 rings (SSSR count). The van der Waals surface area contributed by atoms with Crippen LogP contribution in [0.25, 0.3) is 0 Å². The van der Waals surface area contributed by atoms with Crippen molar-refractivity contribution in [1.29, 1.82) is 0 Å². The molecule has 0 bridgehead atoms. The van der Waals surface area contributed by atoms with Gasteiger partial charge in [-0.3, -0.25) is 4.79 Å². The molecule has 0 aromatic heterocycles. The van der Waals surface area contributed by atoms with Crippen molar-refractivity contribution in [1.82, 2.24) is 4.90 Å². The molecule has 106 valence electrons. The number of carbonyl (C=O) groups excluding carboxylic acids is 2. The summed E-state index contributed by atoms with van der Waals surface area (Å²) in [6.07, 6.45) is 2.76. The highest BCUT2D eigenvalue weighted by Gasteiger charge is 2.54. The maximum Gasteiger partial charge on any atom is 0.331 e. The van der Waals surface area contributed by atoms with Gasteiger partial charge in [0.1, 0.15) is 5.54 Å². The van der Waals surface area contributed by atoms with Crippen LogP contribution >= 0.6 is 0 Å². The topological polar surface area (TPSA) is 46.6 Å². The fourth-order valence-corrected chi connectivity index (χ4v) is 3.70. The summed E-state index contributed by atoms with van der Waals surface area (Å²) in [4.78, 5) is 26.4. The fraction of sp³-hybridized carbons (Fsp3) is 0.500. The molecule has 1 amide bonds. The summed E-state index contributed by atoms with van der Waals surface area (Å²) >= 11 is 0. The van der Waals surface area contributed by atoms with Crippen molar-refractivity contribution in [2.45, 2.75) is 37.1 Å². The van der Waals surface area contributed by atoms with E-state index in [1.165, 1.54) is 7.11 Å². The van der Waals surface area contributed by atoms with Crippen LogP contribution in [0.5, 0.6) is 0 Å². The molecule has 1 unspecified atom stereocenters. The zero-order valence-corrected chi connectivity index (χ0v) is 11.7. The van der Waals surface area contributed by atoms with Gasteiger partial charge in [0, 0.05) is 13.0 Å². The van der Waals surface area contributed by atoms with Crippen LogP contribution in [0, 0.1) is 0 Å². The van der Waals surface area contributed by atoms with E-state index in [-0.39, 0.29) is 17.8 Å². The molecular weight excluding hydrogens is 254 g/mol. The van der Waals surface area contributed by atoms with Crippen molar-refractivity contribution in [3.05, 3.63) is 35.9 Å². The van der Waals surface area contributed by atoms with Crippen molar-refractivity contribution in [3.63, 3.8) is 0 Å². The zero-order valence-electron chi connectivity index (χ0n) is 11.7. The quantitative estimate of drug-likeness (QED) is 0.775. The van der Waals surface area contributed by atoms with Gasteiger partial charge in [0.2, 0.25) is 5.91 Å². The third-order valence-corrected chi connectivity index (χ3v) is 4.63. The average molecular weight is 273 g/mol. The van der Waals surface area contributed by atoms with E-state index in [9.17, 15) is 9.59 Å². The molecule has 1 aromatic carbocycles. The van der Waals surface area contributed by atoms with E-state index in [0.717, 1.165) is 18.4 Å². The van der Waals surface area contributed by atoms with Crippen LogP contribution in [0.15, 0.2) is 30.3 Å². The second-order valence-electron chi connectivity index (χ2n) is 5.69. The smallest absolute Gasteiger partial charge is 0.331 e. The molecule has 4 nitrogen and oxygen atoms in total. The molecule has 0 spiro atoms. The summed E-state index contributed by atoms with van der Waals surface area (Å²) in [7, 11) is 1.41. The molecule has 2 heterocycles. The molecule has 2 atom stereocenters. The molecule has 20 heavy (non-hydrogen) atoms. The van der Waals surface area contributed by atoms with Crippen LogP contribution in [0.1, 0.15) is 37.2 Å². The second kappa shape index (κ2) is 4.93. The van der Waals surface area contributed by atoms with Crippen molar-refractivity contribution >= 4 is 11.9 Å². The molecular formula is C16H19NO3. The average Bonchev–Trinajstić information content (AvgIpc) is 2.93. The summed E-state index contributed by atoms with van der Waals surface area (Å²) in [6, 6.07) is 9.99. The first-order valence-electron chi connectivity index (χ1n) is 7.11. The first-order valence-corrected chi connectivity index (χ1v) is 7.11. The summed E-state index contributed by atoms with van der Waals surface area (Å²) in [5, 5.41) is 0. The van der Waals surface area contributed by atoms with Crippen LogP contribution in [-0.2, 0) is 14.3 Å². The predicted octanol–water partition coefficient (Wildman–Crippen LogP) is 2.10. The van der Waals surface area contributed by atoms with Gasteiger partial charge in [-0.25, -0.2) is 4.79 Å². The molecule has 0 saturated carbocycles. The van der Waals surface area contributed by atoms with E-state index in [1.54, 1.807) is 4.90 Å². The highest BCUT2D eigenvalue weighted by Crippen LogP contribution is 2.44. The van der Waals surface area contributed by atoms with Crippen molar-refractivity contribution in [3.8, 4) is 0 Å². The minimum atomic E-state index is -0.732. The van der Waals surface area contributed by atoms with Gasteiger partial charge in [-0.2, -0.15) is 0 Å². The lowest BCUT2D eigenvalue weighted by molar-refractivity contribution is -0.163. The number of fused-ring (bicyclic) bond motifs is 1. The number of amides is 1. The SMILES string of the molecule is COC(=O)[C@]12CCCN1C(=O)CC(c1ccccc1)C2. The third kappa shape index (κ3) is 1.90. The lowest BCUT2D eigenvalue weighted by atomic mass is 9.76. The Hall–Kier alpha value is -1.84. The van der Waals surface area contributed by atoms with Gasteiger partial charge in [0.15, 0.2) is 0 Å². The molecule has 0 radical (unpaired) electrons. The molecule has 4 heteroatoms. The molecule has 0 aliphatic carbocycles. The van der Waals surface area contributed by atoms with E-state index in [0.29, 0.717) is 19.4 Å². The van der Waals surface area contributed by atoms with Gasteiger partial charge >= 0.3 is 5.97 Å². The number of esters is 1. The number of nitrogens with zero attached hydrogens (tertiary/aromatic N) is 1. The molecule has 0 N–H and O–H groups in total. The lowest BCUT2D eigenvalue weighted by Gasteiger charge is -2.43. The maximum atomic E-state index is 12.4. The van der Waals surface area contributed by atoms with Crippen LogP contribution in [-0.4, -0.2) is 36.0 Å². The van der Waals surface area contributed by atoms with E-state index in [4.69, 9.17) is 4.74 Å². The van der Waals surface area contributed by atoms with Gasteiger partial charge in [-0.15, -0.1) is 0 Å². The summed E-state index contributed by atoms with van der Waals surface area (Å²) in [6.45, 7) is 0.676. The highest BCUT2D eigenvalue weighted by molar-refractivity contribution is 5.90. The molecule has 2 aliphatic heterocycles. The van der Waals surface area contributed by atoms with E-state index < -0.39 is 5.54 Å². The number of ether oxygens (including phenoxy) is 1. The Morgan fingerprint density at radius 2 is 2.10 bits per heavy atom. The van der Waals surface area contributed by atoms with Gasteiger partial charge in [0.05, 0.1) is 7.11 Å². The summed E-state index contributed by atoms with van der Waals surface area (Å²) in [5.41, 5.74) is 0.403. The molecule has 2 saturated heterocycles. The number of hydrogen-bond donors (Lipinski definition) is 0. The lowest BCUT2D eigenvalue weighted by Crippen LogP contribution is -2.57. The minimum absolute atomic E-state index is 0.0769. The van der Waals surface area contributed by atoms with Crippen LogP contribution in [0.2, 0.25) is 0 Å². The number of carbonyl (C=O) groups is 2. The summed E-state index contributed by atoms with van der Waals surface area (Å²) in [5.74, 6) is -0.0749. The molecule has 1 aromatic rings. The van der Waals surface area contributed by atoms with Crippen molar-refractivity contribution < 1.29 is 14.3 Å².